The highest BCUT2D eigenvalue weighted by atomic mass is 16.5. The molecule has 0 radical (unpaired) electrons. The predicted octanol–water partition coefficient (Wildman–Crippen LogP) is 3.08. The van der Waals surface area contributed by atoms with Crippen molar-refractivity contribution in [1.29, 1.82) is 0 Å². The molecule has 1 N–H and O–H groups in total. The molecule has 3 aromatic rings. The Morgan fingerprint density at radius 1 is 1.12 bits per heavy atom. The fourth-order valence-corrected chi connectivity index (χ4v) is 2.40. The Hall–Kier alpha value is -3.22. The van der Waals surface area contributed by atoms with Gasteiger partial charge >= 0.3 is 12.0 Å². The number of rotatable bonds is 8. The normalized spacial score (nSPS) is 10.5. The van der Waals surface area contributed by atoms with Gasteiger partial charge in [0, 0.05) is 37.1 Å². The van der Waals surface area contributed by atoms with Crippen molar-refractivity contribution < 1.29 is 14.3 Å². The number of esters is 1. The van der Waals surface area contributed by atoms with Crippen LogP contribution in [0.15, 0.2) is 48.9 Å². The minimum absolute atomic E-state index is 0.235. The number of ether oxygens (including phenoxy) is 2. The van der Waals surface area contributed by atoms with E-state index in [4.69, 9.17) is 9.47 Å². The zero-order valence-corrected chi connectivity index (χ0v) is 14.5. The average Bonchev–Trinajstić information content (AvgIpc) is 3.15. The van der Waals surface area contributed by atoms with Gasteiger partial charge in [0.1, 0.15) is 11.6 Å². The molecule has 1 aromatic carbocycles. The molecular weight excluding hydrogens is 332 g/mol. The quantitative estimate of drug-likeness (QED) is 0.627. The third-order valence-corrected chi connectivity index (χ3v) is 3.64. The number of carbonyl (C=O) groups excluding carboxylic acids is 1. The summed E-state index contributed by atoms with van der Waals surface area (Å²) in [6.07, 6.45) is 6.66. The predicted molar refractivity (Wildman–Crippen MR) is 94.9 cm³/mol. The monoisotopic (exact) mass is 352 g/mol. The summed E-state index contributed by atoms with van der Waals surface area (Å²) in [7, 11) is 0. The largest absolute Gasteiger partial charge is 0.466 e. The summed E-state index contributed by atoms with van der Waals surface area (Å²) >= 11 is 0. The number of aromatic nitrogens is 4. The van der Waals surface area contributed by atoms with Gasteiger partial charge in [-0.1, -0.05) is 12.1 Å². The van der Waals surface area contributed by atoms with Crippen molar-refractivity contribution in [3.63, 3.8) is 0 Å². The van der Waals surface area contributed by atoms with E-state index in [1.807, 2.05) is 24.3 Å². The Labute approximate surface area is 151 Å². The third kappa shape index (κ3) is 5.14. The van der Waals surface area contributed by atoms with Gasteiger partial charge in [0.25, 0.3) is 0 Å². The molecular formula is C19H20N4O3. The smallest absolute Gasteiger partial charge is 0.322 e. The van der Waals surface area contributed by atoms with E-state index in [0.29, 0.717) is 18.8 Å². The van der Waals surface area contributed by atoms with E-state index in [-0.39, 0.29) is 18.4 Å². The zero-order chi connectivity index (χ0) is 18.2. The van der Waals surface area contributed by atoms with Crippen LogP contribution in [0.2, 0.25) is 0 Å². The molecule has 0 aliphatic heterocycles. The number of imidazole rings is 1. The summed E-state index contributed by atoms with van der Waals surface area (Å²) < 4.78 is 10.6. The van der Waals surface area contributed by atoms with Crippen molar-refractivity contribution in [3.05, 3.63) is 66.0 Å². The number of carbonyl (C=O) groups is 1. The van der Waals surface area contributed by atoms with Crippen LogP contribution in [0.4, 0.5) is 0 Å². The molecule has 2 aromatic heterocycles. The Morgan fingerprint density at radius 3 is 2.69 bits per heavy atom. The number of aryl methyl sites for hydroxylation is 1. The molecule has 134 valence electrons. The number of nitrogens with zero attached hydrogens (tertiary/aromatic N) is 3. The fourth-order valence-electron chi connectivity index (χ4n) is 2.40. The van der Waals surface area contributed by atoms with Crippen LogP contribution in [0.3, 0.4) is 0 Å². The second-order valence-corrected chi connectivity index (χ2v) is 5.59. The van der Waals surface area contributed by atoms with Crippen molar-refractivity contribution >= 4 is 5.97 Å². The molecule has 0 saturated heterocycles. The van der Waals surface area contributed by atoms with E-state index in [1.165, 1.54) is 0 Å². The summed E-state index contributed by atoms with van der Waals surface area (Å²) in [5.74, 6) is 1.33. The highest BCUT2D eigenvalue weighted by Crippen LogP contribution is 2.19. The van der Waals surface area contributed by atoms with Crippen LogP contribution in [0, 0.1) is 0 Å². The van der Waals surface area contributed by atoms with Gasteiger partial charge in [0.05, 0.1) is 13.0 Å². The summed E-state index contributed by atoms with van der Waals surface area (Å²) in [6, 6.07) is 9.70. The fraction of sp³-hybridized carbons (Fsp3) is 0.263. The second kappa shape index (κ2) is 8.75. The molecule has 3 rings (SSSR count). The molecule has 0 fully saturated rings. The summed E-state index contributed by atoms with van der Waals surface area (Å²) in [6.45, 7) is 2.17. The molecule has 0 saturated carbocycles. The lowest BCUT2D eigenvalue weighted by atomic mass is 10.1. The van der Waals surface area contributed by atoms with Crippen LogP contribution in [-0.2, 0) is 22.4 Å². The number of hydrogen-bond acceptors (Lipinski definition) is 6. The molecule has 2 heterocycles. The van der Waals surface area contributed by atoms with E-state index in [0.717, 1.165) is 23.5 Å². The Bertz CT molecular complexity index is 832. The van der Waals surface area contributed by atoms with E-state index < -0.39 is 0 Å². The van der Waals surface area contributed by atoms with E-state index in [9.17, 15) is 4.79 Å². The maximum atomic E-state index is 11.4. The maximum Gasteiger partial charge on any atom is 0.322 e. The standard InChI is InChI=1S/C19H20N4O3/c1-2-25-18(24)8-5-15-9-10-22-19(23-15)26-16-6-3-14(4-7-16)13-17-20-11-12-21-17/h3-4,6-7,9-12H,2,5,8,13H2,1H3,(H,20,21). The zero-order valence-electron chi connectivity index (χ0n) is 14.5. The van der Waals surface area contributed by atoms with Crippen molar-refractivity contribution in [2.24, 2.45) is 0 Å². The average molecular weight is 352 g/mol. The van der Waals surface area contributed by atoms with Gasteiger partial charge in [-0.05, 0) is 30.7 Å². The first-order valence-corrected chi connectivity index (χ1v) is 8.45. The number of H-pyrrole nitrogens is 1. The molecule has 0 bridgehead atoms. The van der Waals surface area contributed by atoms with Crippen molar-refractivity contribution in [2.45, 2.75) is 26.2 Å². The number of aromatic amines is 1. The van der Waals surface area contributed by atoms with E-state index >= 15 is 0 Å². The van der Waals surface area contributed by atoms with Crippen LogP contribution in [0.1, 0.15) is 30.4 Å². The Morgan fingerprint density at radius 2 is 1.96 bits per heavy atom. The van der Waals surface area contributed by atoms with Crippen LogP contribution < -0.4 is 4.74 Å². The van der Waals surface area contributed by atoms with Crippen LogP contribution in [0.5, 0.6) is 11.8 Å². The number of nitrogens with one attached hydrogen (secondary N) is 1. The number of hydrogen-bond donors (Lipinski definition) is 1. The summed E-state index contributed by atoms with van der Waals surface area (Å²) in [4.78, 5) is 27.2. The SMILES string of the molecule is CCOC(=O)CCc1ccnc(Oc2ccc(Cc3ncc[nH]3)cc2)n1. The molecule has 0 unspecified atom stereocenters. The van der Waals surface area contributed by atoms with Gasteiger partial charge in [0.2, 0.25) is 0 Å². The van der Waals surface area contributed by atoms with Crippen LogP contribution >= 0.6 is 0 Å². The highest BCUT2D eigenvalue weighted by Gasteiger charge is 2.07. The Kier molecular flexibility index (Phi) is 5.92. The molecule has 7 nitrogen and oxygen atoms in total. The minimum Gasteiger partial charge on any atom is -0.466 e. The van der Waals surface area contributed by atoms with E-state index in [2.05, 4.69) is 19.9 Å². The van der Waals surface area contributed by atoms with Crippen LogP contribution in [-0.4, -0.2) is 32.5 Å². The molecule has 0 amide bonds. The van der Waals surface area contributed by atoms with Crippen molar-refractivity contribution in [1.82, 2.24) is 19.9 Å². The lowest BCUT2D eigenvalue weighted by molar-refractivity contribution is -0.143. The van der Waals surface area contributed by atoms with Gasteiger partial charge in [0.15, 0.2) is 0 Å². The lowest BCUT2D eigenvalue weighted by Crippen LogP contribution is -2.06. The maximum absolute atomic E-state index is 11.4. The third-order valence-electron chi connectivity index (χ3n) is 3.64. The first-order chi connectivity index (χ1) is 12.7. The van der Waals surface area contributed by atoms with Gasteiger partial charge in [-0.25, -0.2) is 9.97 Å². The van der Waals surface area contributed by atoms with E-state index in [1.54, 1.807) is 31.6 Å². The summed E-state index contributed by atoms with van der Waals surface area (Å²) in [5, 5.41) is 0. The molecule has 0 atom stereocenters. The van der Waals surface area contributed by atoms with Crippen LogP contribution in [0.25, 0.3) is 0 Å². The van der Waals surface area contributed by atoms with Gasteiger partial charge in [-0.2, -0.15) is 4.98 Å². The van der Waals surface area contributed by atoms with Crippen molar-refractivity contribution in [2.75, 3.05) is 6.61 Å². The van der Waals surface area contributed by atoms with Crippen molar-refractivity contribution in [3.8, 4) is 11.8 Å². The van der Waals surface area contributed by atoms with Gasteiger partial charge < -0.3 is 14.5 Å². The molecule has 0 spiro atoms. The molecule has 0 aliphatic rings. The molecule has 0 aliphatic carbocycles. The molecule has 7 heteroatoms. The molecule has 26 heavy (non-hydrogen) atoms. The van der Waals surface area contributed by atoms with Gasteiger partial charge in [-0.15, -0.1) is 0 Å². The topological polar surface area (TPSA) is 90.0 Å². The summed E-state index contributed by atoms with van der Waals surface area (Å²) in [5.41, 5.74) is 1.86. The highest BCUT2D eigenvalue weighted by molar-refractivity contribution is 5.69. The van der Waals surface area contributed by atoms with Gasteiger partial charge in [-0.3, -0.25) is 4.79 Å². The minimum atomic E-state index is -0.235. The second-order valence-electron chi connectivity index (χ2n) is 5.59. The lowest BCUT2D eigenvalue weighted by Gasteiger charge is -2.06. The first-order valence-electron chi connectivity index (χ1n) is 8.45. The Balaban J connectivity index is 1.58. The first kappa shape index (κ1) is 17.6. The number of benzene rings is 1.